The lowest BCUT2D eigenvalue weighted by molar-refractivity contribution is 0.100. The average Bonchev–Trinajstić information content (AvgIpc) is 2.05. The number of carbonyl (C=O) groups excluding carboxylic acids is 1. The predicted octanol–water partition coefficient (Wildman–Crippen LogP) is 0.0828. The number of aromatic nitrogens is 3. The molecule has 0 aliphatic rings. The van der Waals surface area contributed by atoms with Gasteiger partial charge in [0, 0.05) is 6.92 Å². The van der Waals surface area contributed by atoms with Crippen molar-refractivity contribution in [3.8, 4) is 5.88 Å². The maximum Gasteiger partial charge on any atom is 0.236 e. The molecule has 0 aromatic carbocycles. The SMILES string of the molecule is COc1cnnc(C(C)=O)n1. The van der Waals surface area contributed by atoms with E-state index in [1.54, 1.807) is 0 Å². The molecule has 0 bridgehead atoms. The van der Waals surface area contributed by atoms with E-state index in [-0.39, 0.29) is 11.6 Å². The van der Waals surface area contributed by atoms with E-state index < -0.39 is 0 Å². The van der Waals surface area contributed by atoms with E-state index in [2.05, 4.69) is 15.2 Å². The Morgan fingerprint density at radius 3 is 2.91 bits per heavy atom. The van der Waals surface area contributed by atoms with Crippen molar-refractivity contribution in [3.05, 3.63) is 12.0 Å². The maximum absolute atomic E-state index is 10.7. The molecule has 0 N–H and O–H groups in total. The van der Waals surface area contributed by atoms with Gasteiger partial charge >= 0.3 is 0 Å². The number of nitrogens with zero attached hydrogens (tertiary/aromatic N) is 3. The molecule has 0 radical (unpaired) electrons. The number of methoxy groups -OCH3 is 1. The second kappa shape index (κ2) is 3.05. The zero-order chi connectivity index (χ0) is 8.27. The molecule has 0 amide bonds. The second-order valence-electron chi connectivity index (χ2n) is 1.88. The Morgan fingerprint density at radius 2 is 2.36 bits per heavy atom. The number of ketones is 1. The summed E-state index contributed by atoms with van der Waals surface area (Å²) < 4.78 is 4.74. The van der Waals surface area contributed by atoms with Crippen molar-refractivity contribution in [1.29, 1.82) is 0 Å². The standard InChI is InChI=1S/C6H7N3O2/c1-4(10)6-8-5(11-2)3-7-9-6/h3H,1-2H3. The van der Waals surface area contributed by atoms with Gasteiger partial charge in [0.1, 0.15) is 6.20 Å². The highest BCUT2D eigenvalue weighted by atomic mass is 16.5. The van der Waals surface area contributed by atoms with E-state index >= 15 is 0 Å². The van der Waals surface area contributed by atoms with Crippen molar-refractivity contribution >= 4 is 5.78 Å². The van der Waals surface area contributed by atoms with Crippen molar-refractivity contribution in [2.24, 2.45) is 0 Å². The molecule has 0 saturated heterocycles. The minimum atomic E-state index is -0.226. The summed E-state index contributed by atoms with van der Waals surface area (Å²) in [5, 5.41) is 7.01. The quantitative estimate of drug-likeness (QED) is 0.563. The molecular formula is C6H7N3O2. The topological polar surface area (TPSA) is 65.0 Å². The zero-order valence-corrected chi connectivity index (χ0v) is 6.24. The van der Waals surface area contributed by atoms with Crippen molar-refractivity contribution in [2.75, 3.05) is 7.11 Å². The first-order chi connectivity index (χ1) is 5.24. The van der Waals surface area contributed by atoms with Gasteiger partial charge < -0.3 is 4.74 Å². The lowest BCUT2D eigenvalue weighted by Crippen LogP contribution is -2.03. The molecule has 0 aliphatic carbocycles. The van der Waals surface area contributed by atoms with E-state index in [9.17, 15) is 4.79 Å². The van der Waals surface area contributed by atoms with Gasteiger partial charge in [0.25, 0.3) is 0 Å². The Bertz CT molecular complexity index is 274. The predicted molar refractivity (Wildman–Crippen MR) is 36.4 cm³/mol. The summed E-state index contributed by atoms with van der Waals surface area (Å²) >= 11 is 0. The summed E-state index contributed by atoms with van der Waals surface area (Å²) in [5.41, 5.74) is 0. The van der Waals surface area contributed by atoms with Gasteiger partial charge in [0.15, 0.2) is 5.78 Å². The second-order valence-corrected chi connectivity index (χ2v) is 1.88. The van der Waals surface area contributed by atoms with Gasteiger partial charge in [-0.3, -0.25) is 4.79 Å². The van der Waals surface area contributed by atoms with Crippen LogP contribution in [0.2, 0.25) is 0 Å². The maximum atomic E-state index is 10.7. The molecule has 1 aromatic heterocycles. The Kier molecular flexibility index (Phi) is 2.10. The third-order valence-corrected chi connectivity index (χ3v) is 1.06. The van der Waals surface area contributed by atoms with E-state index in [1.807, 2.05) is 0 Å². The monoisotopic (exact) mass is 153 g/mol. The van der Waals surface area contributed by atoms with Crippen LogP contribution in [0.25, 0.3) is 0 Å². The fraction of sp³-hybridized carbons (Fsp3) is 0.333. The molecule has 0 fully saturated rings. The molecule has 0 atom stereocenters. The largest absolute Gasteiger partial charge is 0.480 e. The van der Waals surface area contributed by atoms with Crippen LogP contribution in [0.5, 0.6) is 5.88 Å². The van der Waals surface area contributed by atoms with Gasteiger partial charge in [0.05, 0.1) is 7.11 Å². The summed E-state index contributed by atoms with van der Waals surface area (Å²) in [6.45, 7) is 1.37. The Labute approximate surface area is 63.4 Å². The summed E-state index contributed by atoms with van der Waals surface area (Å²) in [6, 6.07) is 0. The molecule has 0 saturated carbocycles. The lowest BCUT2D eigenvalue weighted by Gasteiger charge is -1.96. The first-order valence-electron chi connectivity index (χ1n) is 2.98. The summed E-state index contributed by atoms with van der Waals surface area (Å²) in [5.74, 6) is 0.144. The van der Waals surface area contributed by atoms with Gasteiger partial charge in [-0.25, -0.2) is 0 Å². The zero-order valence-electron chi connectivity index (χ0n) is 6.24. The molecular weight excluding hydrogens is 146 g/mol. The molecule has 5 nitrogen and oxygen atoms in total. The number of rotatable bonds is 2. The minimum absolute atomic E-state index is 0.0735. The molecule has 0 spiro atoms. The van der Waals surface area contributed by atoms with Gasteiger partial charge in [-0.1, -0.05) is 0 Å². The highest BCUT2D eigenvalue weighted by Gasteiger charge is 2.03. The number of carbonyl (C=O) groups is 1. The van der Waals surface area contributed by atoms with Gasteiger partial charge in [-0.2, -0.15) is 10.1 Å². The van der Waals surface area contributed by atoms with Crippen LogP contribution in [0, 0.1) is 0 Å². The van der Waals surface area contributed by atoms with Crippen molar-refractivity contribution < 1.29 is 9.53 Å². The average molecular weight is 153 g/mol. The normalized spacial score (nSPS) is 9.27. The molecule has 0 aliphatic heterocycles. The van der Waals surface area contributed by atoms with E-state index in [0.717, 1.165) is 0 Å². The number of hydrogen-bond acceptors (Lipinski definition) is 5. The number of Topliss-reactive ketones (excluding diaryl/α,β-unsaturated/α-hetero) is 1. The fourth-order valence-electron chi connectivity index (χ4n) is 0.536. The molecule has 0 unspecified atom stereocenters. The first kappa shape index (κ1) is 7.59. The molecule has 1 rings (SSSR count). The number of ether oxygens (including phenoxy) is 1. The van der Waals surface area contributed by atoms with Crippen molar-refractivity contribution in [1.82, 2.24) is 15.2 Å². The number of hydrogen-bond donors (Lipinski definition) is 0. The van der Waals surface area contributed by atoms with E-state index in [1.165, 1.54) is 20.2 Å². The summed E-state index contributed by atoms with van der Waals surface area (Å²) in [7, 11) is 1.45. The minimum Gasteiger partial charge on any atom is -0.480 e. The van der Waals surface area contributed by atoms with Gasteiger partial charge in [0.2, 0.25) is 11.7 Å². The van der Waals surface area contributed by atoms with Gasteiger partial charge in [-0.15, -0.1) is 5.10 Å². The first-order valence-corrected chi connectivity index (χ1v) is 2.98. The smallest absolute Gasteiger partial charge is 0.236 e. The molecule has 58 valence electrons. The van der Waals surface area contributed by atoms with Crippen LogP contribution >= 0.6 is 0 Å². The van der Waals surface area contributed by atoms with Crippen LogP contribution in [0.1, 0.15) is 17.5 Å². The Morgan fingerprint density at radius 1 is 1.64 bits per heavy atom. The third kappa shape index (κ3) is 1.70. The fourth-order valence-corrected chi connectivity index (χ4v) is 0.536. The van der Waals surface area contributed by atoms with Crippen LogP contribution in [0.15, 0.2) is 6.20 Å². The Hall–Kier alpha value is -1.52. The van der Waals surface area contributed by atoms with Gasteiger partial charge in [-0.05, 0) is 0 Å². The van der Waals surface area contributed by atoms with Crippen LogP contribution in [-0.4, -0.2) is 28.1 Å². The third-order valence-electron chi connectivity index (χ3n) is 1.06. The molecule has 11 heavy (non-hydrogen) atoms. The summed E-state index contributed by atoms with van der Waals surface area (Å²) in [6.07, 6.45) is 1.34. The Balaban J connectivity index is 3.01. The van der Waals surface area contributed by atoms with E-state index in [4.69, 9.17) is 4.74 Å². The van der Waals surface area contributed by atoms with E-state index in [0.29, 0.717) is 5.88 Å². The molecule has 5 heteroatoms. The van der Waals surface area contributed by atoms with Crippen LogP contribution < -0.4 is 4.74 Å². The molecule has 1 aromatic rings. The van der Waals surface area contributed by atoms with Crippen LogP contribution in [-0.2, 0) is 0 Å². The van der Waals surface area contributed by atoms with Crippen molar-refractivity contribution in [3.63, 3.8) is 0 Å². The van der Waals surface area contributed by atoms with Crippen LogP contribution in [0.3, 0.4) is 0 Å². The summed E-state index contributed by atoms with van der Waals surface area (Å²) in [4.78, 5) is 14.4. The van der Waals surface area contributed by atoms with Crippen molar-refractivity contribution in [2.45, 2.75) is 6.92 Å². The highest BCUT2D eigenvalue weighted by Crippen LogP contribution is 2.00. The molecule has 1 heterocycles. The highest BCUT2D eigenvalue weighted by molar-refractivity contribution is 5.90. The lowest BCUT2D eigenvalue weighted by atomic mass is 10.4. The van der Waals surface area contributed by atoms with Crippen LogP contribution in [0.4, 0.5) is 0 Å².